The zero-order valence-electron chi connectivity index (χ0n) is 16.7. The summed E-state index contributed by atoms with van der Waals surface area (Å²) in [7, 11) is 1.55. The van der Waals surface area contributed by atoms with E-state index in [9.17, 15) is 14.7 Å². The number of aliphatic hydroxyl groups is 1. The lowest BCUT2D eigenvalue weighted by atomic mass is 10.1. The topological polar surface area (TPSA) is 115 Å². The summed E-state index contributed by atoms with van der Waals surface area (Å²) >= 11 is 0. The molecule has 0 saturated carbocycles. The molecule has 1 fully saturated rings. The number of carbonyl (C=O) groups excluding carboxylic acids is 2. The zero-order valence-corrected chi connectivity index (χ0v) is 16.7. The van der Waals surface area contributed by atoms with Gasteiger partial charge in [0.05, 0.1) is 30.9 Å². The minimum Gasteiger partial charge on any atom is -0.497 e. The van der Waals surface area contributed by atoms with Gasteiger partial charge in [0.1, 0.15) is 5.75 Å². The van der Waals surface area contributed by atoms with Crippen molar-refractivity contribution in [3.8, 4) is 11.8 Å². The van der Waals surface area contributed by atoms with Gasteiger partial charge in [-0.1, -0.05) is 6.07 Å². The van der Waals surface area contributed by atoms with E-state index in [1.165, 1.54) is 0 Å². The van der Waals surface area contributed by atoms with Crippen LogP contribution in [0.25, 0.3) is 0 Å². The van der Waals surface area contributed by atoms with Crippen LogP contribution in [0.15, 0.2) is 48.5 Å². The number of nitrogens with one attached hydrogen (secondary N) is 2. The van der Waals surface area contributed by atoms with Gasteiger partial charge < -0.3 is 25.4 Å². The number of benzene rings is 2. The second kappa shape index (κ2) is 9.76. The van der Waals surface area contributed by atoms with Crippen molar-refractivity contribution in [1.82, 2.24) is 10.2 Å². The van der Waals surface area contributed by atoms with Gasteiger partial charge in [-0.2, -0.15) is 5.26 Å². The Hall–Kier alpha value is -3.57. The molecule has 8 heteroatoms. The summed E-state index contributed by atoms with van der Waals surface area (Å²) < 4.78 is 5.10. The fraction of sp³-hybridized carbons (Fsp3) is 0.318. The van der Waals surface area contributed by atoms with Gasteiger partial charge in [-0.05, 0) is 55.3 Å². The third kappa shape index (κ3) is 5.27. The van der Waals surface area contributed by atoms with E-state index in [0.29, 0.717) is 42.0 Å². The number of amides is 3. The van der Waals surface area contributed by atoms with Crippen LogP contribution in [0.5, 0.6) is 5.75 Å². The Morgan fingerprint density at radius 2 is 2.00 bits per heavy atom. The van der Waals surface area contributed by atoms with Crippen LogP contribution in [0.4, 0.5) is 10.5 Å². The second-order valence-electron chi connectivity index (χ2n) is 7.09. The summed E-state index contributed by atoms with van der Waals surface area (Å²) in [5, 5.41) is 25.1. The van der Waals surface area contributed by atoms with Crippen LogP contribution in [-0.4, -0.2) is 54.3 Å². The summed E-state index contributed by atoms with van der Waals surface area (Å²) in [6, 6.07) is 14.4. The standard InChI is InChI=1S/C22H24N4O4/c1-30-18-9-7-16(8-10-18)21(28)25-19-14-26(11-3-6-20(19)27)22(29)24-17-5-2-4-15(12-17)13-23/h2,4-5,7-10,12,19-20,27H,3,6,11,14H2,1H3,(H,24,29)(H,25,28). The predicted molar refractivity (Wildman–Crippen MR) is 111 cm³/mol. The molecule has 1 heterocycles. The largest absolute Gasteiger partial charge is 0.497 e. The van der Waals surface area contributed by atoms with Crippen molar-refractivity contribution < 1.29 is 19.4 Å². The van der Waals surface area contributed by atoms with E-state index in [1.807, 2.05) is 6.07 Å². The van der Waals surface area contributed by atoms with Crippen LogP contribution in [-0.2, 0) is 0 Å². The number of ether oxygens (including phenoxy) is 1. The normalized spacial score (nSPS) is 18.6. The summed E-state index contributed by atoms with van der Waals surface area (Å²) in [5.74, 6) is 0.315. The highest BCUT2D eigenvalue weighted by Gasteiger charge is 2.29. The average Bonchev–Trinajstić information content (AvgIpc) is 2.95. The summed E-state index contributed by atoms with van der Waals surface area (Å²) in [5.41, 5.74) is 1.41. The number of nitrogens with zero attached hydrogens (tertiary/aromatic N) is 2. The first-order valence-electron chi connectivity index (χ1n) is 9.69. The highest BCUT2D eigenvalue weighted by Crippen LogP contribution is 2.16. The average molecular weight is 408 g/mol. The van der Waals surface area contributed by atoms with Crippen LogP contribution in [0.1, 0.15) is 28.8 Å². The predicted octanol–water partition coefficient (Wildman–Crippen LogP) is 2.35. The number of nitriles is 1. The molecule has 3 amide bonds. The Morgan fingerprint density at radius 3 is 2.70 bits per heavy atom. The maximum atomic E-state index is 12.7. The number of carbonyl (C=O) groups is 2. The summed E-state index contributed by atoms with van der Waals surface area (Å²) in [6.45, 7) is 0.628. The van der Waals surface area contributed by atoms with Crippen LogP contribution in [0.2, 0.25) is 0 Å². The van der Waals surface area contributed by atoms with Crippen LogP contribution < -0.4 is 15.4 Å². The van der Waals surface area contributed by atoms with Gasteiger partial charge in [0, 0.05) is 24.3 Å². The van der Waals surface area contributed by atoms with E-state index in [1.54, 1.807) is 60.5 Å². The molecule has 1 aliphatic heterocycles. The highest BCUT2D eigenvalue weighted by molar-refractivity contribution is 5.94. The van der Waals surface area contributed by atoms with Crippen molar-refractivity contribution in [1.29, 1.82) is 5.26 Å². The number of likely N-dealkylation sites (tertiary alicyclic amines) is 1. The molecule has 8 nitrogen and oxygen atoms in total. The second-order valence-corrected chi connectivity index (χ2v) is 7.09. The number of rotatable bonds is 4. The molecule has 2 aromatic rings. The Morgan fingerprint density at radius 1 is 1.23 bits per heavy atom. The van der Waals surface area contributed by atoms with Gasteiger partial charge in [0.25, 0.3) is 5.91 Å². The van der Waals surface area contributed by atoms with E-state index in [0.717, 1.165) is 0 Å². The van der Waals surface area contributed by atoms with E-state index in [2.05, 4.69) is 10.6 Å². The number of hydrogen-bond donors (Lipinski definition) is 3. The van der Waals surface area contributed by atoms with Gasteiger partial charge in [-0.15, -0.1) is 0 Å². The Kier molecular flexibility index (Phi) is 6.88. The van der Waals surface area contributed by atoms with Crippen molar-refractivity contribution in [2.75, 3.05) is 25.5 Å². The first-order valence-corrected chi connectivity index (χ1v) is 9.69. The molecule has 156 valence electrons. The van der Waals surface area contributed by atoms with Gasteiger partial charge in [0.15, 0.2) is 0 Å². The maximum absolute atomic E-state index is 12.7. The Bertz CT molecular complexity index is 939. The molecule has 2 atom stereocenters. The number of urea groups is 1. The minimum atomic E-state index is -0.757. The van der Waals surface area contributed by atoms with Crippen molar-refractivity contribution >= 4 is 17.6 Å². The number of methoxy groups -OCH3 is 1. The fourth-order valence-corrected chi connectivity index (χ4v) is 3.33. The van der Waals surface area contributed by atoms with Crippen molar-refractivity contribution in [2.45, 2.75) is 25.0 Å². The Labute approximate surface area is 175 Å². The first kappa shape index (κ1) is 21.1. The number of aliphatic hydroxyl groups excluding tert-OH is 1. The summed E-state index contributed by atoms with van der Waals surface area (Å²) in [4.78, 5) is 26.9. The van der Waals surface area contributed by atoms with Crippen LogP contribution >= 0.6 is 0 Å². The number of anilines is 1. The molecule has 0 bridgehead atoms. The van der Waals surface area contributed by atoms with Gasteiger partial charge in [-0.25, -0.2) is 4.79 Å². The van der Waals surface area contributed by atoms with Crippen molar-refractivity contribution in [2.24, 2.45) is 0 Å². The number of hydrogen-bond acceptors (Lipinski definition) is 5. The molecule has 3 N–H and O–H groups in total. The van der Waals surface area contributed by atoms with Gasteiger partial charge in [0.2, 0.25) is 0 Å². The maximum Gasteiger partial charge on any atom is 0.321 e. The van der Waals surface area contributed by atoms with Crippen molar-refractivity contribution in [3.05, 3.63) is 59.7 Å². The molecule has 3 rings (SSSR count). The van der Waals surface area contributed by atoms with Crippen LogP contribution in [0.3, 0.4) is 0 Å². The van der Waals surface area contributed by atoms with Crippen molar-refractivity contribution in [3.63, 3.8) is 0 Å². The third-order valence-electron chi connectivity index (χ3n) is 5.01. The lowest BCUT2D eigenvalue weighted by Gasteiger charge is -2.27. The molecule has 0 aromatic heterocycles. The quantitative estimate of drug-likeness (QED) is 0.718. The first-order chi connectivity index (χ1) is 14.5. The molecule has 2 aromatic carbocycles. The molecule has 0 radical (unpaired) electrons. The lowest BCUT2D eigenvalue weighted by Crippen LogP contribution is -2.50. The minimum absolute atomic E-state index is 0.173. The molecule has 0 aliphatic carbocycles. The highest BCUT2D eigenvalue weighted by atomic mass is 16.5. The SMILES string of the molecule is COc1ccc(C(=O)NC2CN(C(=O)Nc3cccc(C#N)c3)CCCC2O)cc1. The molecule has 1 aliphatic rings. The molecule has 2 unspecified atom stereocenters. The Balaban J connectivity index is 1.66. The monoisotopic (exact) mass is 408 g/mol. The fourth-order valence-electron chi connectivity index (χ4n) is 3.33. The van der Waals surface area contributed by atoms with E-state index in [4.69, 9.17) is 10.00 Å². The van der Waals surface area contributed by atoms with Gasteiger partial charge >= 0.3 is 6.03 Å². The molecule has 1 saturated heterocycles. The molecular weight excluding hydrogens is 384 g/mol. The van der Waals surface area contributed by atoms with E-state index < -0.39 is 12.1 Å². The molecular formula is C22H24N4O4. The molecule has 0 spiro atoms. The summed E-state index contributed by atoms with van der Waals surface area (Å²) in [6.07, 6.45) is 0.329. The lowest BCUT2D eigenvalue weighted by molar-refractivity contribution is 0.0811. The molecule has 30 heavy (non-hydrogen) atoms. The van der Waals surface area contributed by atoms with E-state index >= 15 is 0 Å². The zero-order chi connectivity index (χ0) is 21.5. The third-order valence-corrected chi connectivity index (χ3v) is 5.01. The van der Waals surface area contributed by atoms with Crippen LogP contribution in [0, 0.1) is 11.3 Å². The smallest absolute Gasteiger partial charge is 0.321 e. The van der Waals surface area contributed by atoms with Gasteiger partial charge in [-0.3, -0.25) is 4.79 Å². The van der Waals surface area contributed by atoms with E-state index in [-0.39, 0.29) is 18.5 Å².